The summed E-state index contributed by atoms with van der Waals surface area (Å²) in [6, 6.07) is 12.0. The van der Waals surface area contributed by atoms with Crippen LogP contribution in [0.3, 0.4) is 0 Å². The van der Waals surface area contributed by atoms with Gasteiger partial charge in [-0.15, -0.1) is 0 Å². The minimum absolute atomic E-state index is 0.0792. The molecule has 2 aromatic carbocycles. The highest BCUT2D eigenvalue weighted by Gasteiger charge is 2.14. The molecule has 0 unspecified atom stereocenters. The van der Waals surface area contributed by atoms with Crippen molar-refractivity contribution < 1.29 is 4.79 Å². The first-order valence-electron chi connectivity index (χ1n) is 8.75. The average Bonchev–Trinajstić information content (AvgIpc) is 2.69. The molecule has 0 aliphatic heterocycles. The van der Waals surface area contributed by atoms with Crippen molar-refractivity contribution >= 4 is 61.8 Å². The fourth-order valence-electron chi connectivity index (χ4n) is 2.71. The number of nitrogens with zero attached hydrogens (tertiary/aromatic N) is 3. The SMILES string of the molecule is CCCn1c(SCC(=O)Nc2ccc(C#N)c(Cl)c2)nc2ccc(Br)cc2c1=O. The molecule has 3 rings (SSSR count). The summed E-state index contributed by atoms with van der Waals surface area (Å²) in [6.07, 6.45) is 0.768. The Kier molecular flexibility index (Phi) is 6.96. The molecule has 0 saturated carbocycles. The molecule has 0 fully saturated rings. The first-order chi connectivity index (χ1) is 13.9. The summed E-state index contributed by atoms with van der Waals surface area (Å²) in [5, 5.41) is 13.0. The number of fused-ring (bicyclic) bond motifs is 1. The molecule has 148 valence electrons. The van der Waals surface area contributed by atoms with E-state index in [9.17, 15) is 9.59 Å². The zero-order chi connectivity index (χ0) is 21.0. The zero-order valence-corrected chi connectivity index (χ0v) is 18.6. The second kappa shape index (κ2) is 9.44. The van der Waals surface area contributed by atoms with Crippen molar-refractivity contribution in [2.45, 2.75) is 25.0 Å². The van der Waals surface area contributed by atoms with Crippen LogP contribution in [0.2, 0.25) is 5.02 Å². The number of nitrogens with one attached hydrogen (secondary N) is 1. The Labute approximate surface area is 185 Å². The number of halogens is 2. The number of rotatable bonds is 6. The summed E-state index contributed by atoms with van der Waals surface area (Å²) in [4.78, 5) is 29.8. The summed E-state index contributed by atoms with van der Waals surface area (Å²) in [5.41, 5.74) is 1.31. The number of benzene rings is 2. The molecule has 0 bridgehead atoms. The fraction of sp³-hybridized carbons (Fsp3) is 0.200. The van der Waals surface area contributed by atoms with Gasteiger partial charge in [0.1, 0.15) is 6.07 Å². The average molecular weight is 492 g/mol. The van der Waals surface area contributed by atoms with Gasteiger partial charge >= 0.3 is 0 Å². The van der Waals surface area contributed by atoms with Gasteiger partial charge in [-0.2, -0.15) is 5.26 Å². The number of carbonyl (C=O) groups excluding carboxylic acids is 1. The summed E-state index contributed by atoms with van der Waals surface area (Å²) < 4.78 is 2.42. The highest BCUT2D eigenvalue weighted by Crippen LogP contribution is 2.23. The van der Waals surface area contributed by atoms with Gasteiger partial charge in [-0.1, -0.05) is 46.2 Å². The van der Waals surface area contributed by atoms with Crippen LogP contribution in [0.15, 0.2) is 50.8 Å². The van der Waals surface area contributed by atoms with Crippen LogP contribution in [0, 0.1) is 11.3 Å². The van der Waals surface area contributed by atoms with E-state index in [4.69, 9.17) is 16.9 Å². The van der Waals surface area contributed by atoms with Crippen LogP contribution < -0.4 is 10.9 Å². The lowest BCUT2D eigenvalue weighted by Crippen LogP contribution is -2.24. The molecule has 1 aromatic heterocycles. The third kappa shape index (κ3) is 4.99. The molecule has 0 aliphatic carbocycles. The second-order valence-electron chi connectivity index (χ2n) is 6.16. The lowest BCUT2D eigenvalue weighted by molar-refractivity contribution is -0.113. The number of anilines is 1. The summed E-state index contributed by atoms with van der Waals surface area (Å²) >= 11 is 10.6. The number of hydrogen-bond donors (Lipinski definition) is 1. The Hall–Kier alpha value is -2.34. The molecule has 0 atom stereocenters. The maximum absolute atomic E-state index is 12.9. The van der Waals surface area contributed by atoms with E-state index in [0.717, 1.165) is 10.9 Å². The minimum atomic E-state index is -0.260. The highest BCUT2D eigenvalue weighted by molar-refractivity contribution is 9.10. The lowest BCUT2D eigenvalue weighted by atomic mass is 10.2. The van der Waals surface area contributed by atoms with Gasteiger partial charge in [0.2, 0.25) is 5.91 Å². The van der Waals surface area contributed by atoms with E-state index in [1.165, 1.54) is 17.8 Å². The zero-order valence-electron chi connectivity index (χ0n) is 15.4. The normalized spacial score (nSPS) is 10.7. The Bertz CT molecular complexity index is 1190. The van der Waals surface area contributed by atoms with E-state index in [1.54, 1.807) is 28.8 Å². The third-order valence-electron chi connectivity index (χ3n) is 4.03. The molecule has 1 heterocycles. The predicted octanol–water partition coefficient (Wildman–Crippen LogP) is 4.82. The van der Waals surface area contributed by atoms with Crippen LogP contribution in [-0.2, 0) is 11.3 Å². The second-order valence-corrected chi connectivity index (χ2v) is 8.42. The smallest absolute Gasteiger partial charge is 0.262 e. The number of nitriles is 1. The monoisotopic (exact) mass is 490 g/mol. The number of thioether (sulfide) groups is 1. The number of hydrogen-bond acceptors (Lipinski definition) is 5. The molecular weight excluding hydrogens is 476 g/mol. The maximum Gasteiger partial charge on any atom is 0.262 e. The van der Waals surface area contributed by atoms with Crippen molar-refractivity contribution in [1.82, 2.24) is 9.55 Å². The van der Waals surface area contributed by atoms with Crippen LogP contribution in [0.5, 0.6) is 0 Å². The van der Waals surface area contributed by atoms with E-state index >= 15 is 0 Å². The Morgan fingerprint density at radius 1 is 1.34 bits per heavy atom. The summed E-state index contributed by atoms with van der Waals surface area (Å²) in [5.74, 6) is -0.181. The van der Waals surface area contributed by atoms with E-state index < -0.39 is 0 Å². The van der Waals surface area contributed by atoms with E-state index in [2.05, 4.69) is 26.2 Å². The molecule has 1 amide bonds. The minimum Gasteiger partial charge on any atom is -0.325 e. The van der Waals surface area contributed by atoms with Gasteiger partial charge in [0, 0.05) is 16.7 Å². The van der Waals surface area contributed by atoms with Crippen molar-refractivity contribution in [3.8, 4) is 6.07 Å². The highest BCUT2D eigenvalue weighted by atomic mass is 79.9. The first-order valence-corrected chi connectivity index (χ1v) is 10.9. The summed E-state index contributed by atoms with van der Waals surface area (Å²) in [7, 11) is 0. The van der Waals surface area contributed by atoms with Crippen LogP contribution >= 0.6 is 39.3 Å². The van der Waals surface area contributed by atoms with Crippen molar-refractivity contribution in [1.29, 1.82) is 5.26 Å². The molecule has 29 heavy (non-hydrogen) atoms. The van der Waals surface area contributed by atoms with Crippen molar-refractivity contribution in [3.63, 3.8) is 0 Å². The Morgan fingerprint density at radius 3 is 2.83 bits per heavy atom. The van der Waals surface area contributed by atoms with Crippen molar-refractivity contribution in [3.05, 3.63) is 61.8 Å². The quantitative estimate of drug-likeness (QED) is 0.394. The van der Waals surface area contributed by atoms with Crippen LogP contribution in [0.25, 0.3) is 10.9 Å². The maximum atomic E-state index is 12.9. The van der Waals surface area contributed by atoms with Crippen LogP contribution in [-0.4, -0.2) is 21.2 Å². The Balaban J connectivity index is 1.80. The summed E-state index contributed by atoms with van der Waals surface area (Å²) in [6.45, 7) is 2.50. The molecule has 1 N–H and O–H groups in total. The van der Waals surface area contributed by atoms with Crippen LogP contribution in [0.1, 0.15) is 18.9 Å². The fourth-order valence-corrected chi connectivity index (χ4v) is 4.12. The number of amides is 1. The number of carbonyl (C=O) groups is 1. The third-order valence-corrected chi connectivity index (χ3v) is 5.82. The first kappa shape index (κ1) is 21.4. The predicted molar refractivity (Wildman–Crippen MR) is 120 cm³/mol. The molecule has 0 aliphatic rings. The van der Waals surface area contributed by atoms with Gasteiger partial charge in [-0.25, -0.2) is 4.98 Å². The van der Waals surface area contributed by atoms with Crippen LogP contribution in [0.4, 0.5) is 5.69 Å². The van der Waals surface area contributed by atoms with Crippen molar-refractivity contribution in [2.75, 3.05) is 11.1 Å². The van der Waals surface area contributed by atoms with Gasteiger partial charge in [0.05, 0.1) is 27.2 Å². The van der Waals surface area contributed by atoms with Crippen molar-refractivity contribution in [2.24, 2.45) is 0 Å². The molecular formula is C20H16BrClN4O2S. The van der Waals surface area contributed by atoms with Gasteiger partial charge in [0.15, 0.2) is 5.16 Å². The molecule has 3 aromatic rings. The molecule has 0 saturated heterocycles. The van der Waals surface area contributed by atoms with Gasteiger partial charge in [-0.05, 0) is 42.8 Å². The molecule has 6 nitrogen and oxygen atoms in total. The van der Waals surface area contributed by atoms with Gasteiger partial charge in [0.25, 0.3) is 5.56 Å². The largest absolute Gasteiger partial charge is 0.325 e. The molecule has 0 radical (unpaired) electrons. The Morgan fingerprint density at radius 2 is 2.14 bits per heavy atom. The molecule has 9 heteroatoms. The molecule has 0 spiro atoms. The number of aromatic nitrogens is 2. The lowest BCUT2D eigenvalue weighted by Gasteiger charge is -2.12. The van der Waals surface area contributed by atoms with E-state index in [-0.39, 0.29) is 22.2 Å². The topological polar surface area (TPSA) is 87.8 Å². The van der Waals surface area contributed by atoms with Gasteiger partial charge < -0.3 is 5.32 Å². The van der Waals surface area contributed by atoms with E-state index in [1.807, 2.05) is 19.1 Å². The van der Waals surface area contributed by atoms with Gasteiger partial charge in [-0.3, -0.25) is 14.2 Å². The standard InChI is InChI=1S/C20H16BrClN4O2S/c1-2-7-26-19(28)15-8-13(21)4-6-17(15)25-20(26)29-11-18(27)24-14-5-3-12(10-23)16(22)9-14/h3-6,8-9H,2,7,11H2,1H3,(H,24,27). The van der Waals surface area contributed by atoms with E-state index in [0.29, 0.717) is 33.9 Å².